The van der Waals surface area contributed by atoms with Crippen molar-refractivity contribution in [3.63, 3.8) is 0 Å². The van der Waals surface area contributed by atoms with E-state index in [1.54, 1.807) is 19.1 Å². The van der Waals surface area contributed by atoms with E-state index < -0.39 is 18.1 Å². The molecular weight excluding hydrogens is 444 g/mol. The highest BCUT2D eigenvalue weighted by Crippen LogP contribution is 2.26. The van der Waals surface area contributed by atoms with Gasteiger partial charge in [-0.2, -0.15) is 0 Å². The van der Waals surface area contributed by atoms with E-state index in [9.17, 15) is 14.7 Å². The smallest absolute Gasteiger partial charge is 0.258 e. The molecule has 180 valence electrons. The summed E-state index contributed by atoms with van der Waals surface area (Å²) in [7, 11) is 1.97. The number of ether oxygens (including phenoxy) is 1. The molecule has 0 aliphatic carbocycles. The fraction of sp³-hybridized carbons (Fsp3) is 0.222. The molecule has 3 aromatic carbocycles. The van der Waals surface area contributed by atoms with Gasteiger partial charge in [0.2, 0.25) is 5.91 Å². The van der Waals surface area contributed by atoms with Gasteiger partial charge in [-0.25, -0.2) is 0 Å². The molecule has 4 rings (SSSR count). The monoisotopic (exact) mass is 472 g/mol. The number of phenolic OH excluding ortho intramolecular Hbond substituents is 1. The zero-order valence-corrected chi connectivity index (χ0v) is 19.6. The second-order valence-corrected chi connectivity index (χ2v) is 8.34. The summed E-state index contributed by atoms with van der Waals surface area (Å²) in [5.41, 5.74) is 3.78. The number of para-hydroxylation sites is 1. The average molecular weight is 473 g/mol. The van der Waals surface area contributed by atoms with Gasteiger partial charge in [0, 0.05) is 23.9 Å². The number of phenols is 1. The van der Waals surface area contributed by atoms with Crippen LogP contribution in [0.2, 0.25) is 0 Å². The van der Waals surface area contributed by atoms with Crippen molar-refractivity contribution in [3.8, 4) is 11.5 Å². The van der Waals surface area contributed by atoms with E-state index in [2.05, 4.69) is 15.5 Å². The first-order valence-corrected chi connectivity index (χ1v) is 11.4. The third-order valence-electron chi connectivity index (χ3n) is 5.64. The molecule has 1 heterocycles. The molecule has 8 heteroatoms. The van der Waals surface area contributed by atoms with Crippen LogP contribution in [0.5, 0.6) is 11.5 Å². The molecule has 0 aromatic heterocycles. The summed E-state index contributed by atoms with van der Waals surface area (Å²) in [6, 6.07) is 23.2. The van der Waals surface area contributed by atoms with Gasteiger partial charge in [-0.15, -0.1) is 0 Å². The Balaban J connectivity index is 1.43. The first kappa shape index (κ1) is 23.8. The number of amides is 2. The Morgan fingerprint density at radius 2 is 1.74 bits per heavy atom. The molecule has 0 spiro atoms. The first-order chi connectivity index (χ1) is 16.9. The van der Waals surface area contributed by atoms with Gasteiger partial charge < -0.3 is 25.4 Å². The van der Waals surface area contributed by atoms with Crippen molar-refractivity contribution in [1.29, 1.82) is 0 Å². The number of anilines is 1. The van der Waals surface area contributed by atoms with E-state index in [1.165, 1.54) is 12.1 Å². The van der Waals surface area contributed by atoms with E-state index in [-0.39, 0.29) is 18.3 Å². The number of aromatic hydroxyl groups is 1. The number of nitrogens with zero attached hydrogens (tertiary/aromatic N) is 2. The molecule has 0 saturated carbocycles. The fourth-order valence-corrected chi connectivity index (χ4v) is 3.86. The number of hydrogen-bond acceptors (Lipinski definition) is 6. The molecule has 3 aromatic rings. The molecule has 3 N–H and O–H groups in total. The van der Waals surface area contributed by atoms with Gasteiger partial charge in [-0.1, -0.05) is 48.5 Å². The Morgan fingerprint density at radius 1 is 1.06 bits per heavy atom. The minimum atomic E-state index is -0.780. The summed E-state index contributed by atoms with van der Waals surface area (Å²) in [5, 5.41) is 14.9. The molecule has 2 atom stereocenters. The third-order valence-corrected chi connectivity index (χ3v) is 5.64. The van der Waals surface area contributed by atoms with Gasteiger partial charge in [0.15, 0.2) is 6.61 Å². The van der Waals surface area contributed by atoms with Crippen molar-refractivity contribution < 1.29 is 19.4 Å². The van der Waals surface area contributed by atoms with Crippen LogP contribution in [0.1, 0.15) is 18.1 Å². The van der Waals surface area contributed by atoms with E-state index in [0.29, 0.717) is 12.3 Å². The largest absolute Gasteiger partial charge is 0.508 e. The van der Waals surface area contributed by atoms with Crippen molar-refractivity contribution >= 4 is 23.2 Å². The summed E-state index contributed by atoms with van der Waals surface area (Å²) < 4.78 is 5.40. The normalized spacial score (nSPS) is 15.8. The number of aliphatic imine (C=N–C) groups is 1. The maximum Gasteiger partial charge on any atom is 0.258 e. The van der Waals surface area contributed by atoms with Crippen LogP contribution in [-0.2, 0) is 9.59 Å². The Hall–Kier alpha value is -4.33. The maximum absolute atomic E-state index is 12.9. The number of benzene rings is 3. The highest BCUT2D eigenvalue weighted by molar-refractivity contribution is 6.16. The summed E-state index contributed by atoms with van der Waals surface area (Å²) in [6.07, 6.45) is -0.511. The van der Waals surface area contributed by atoms with Crippen molar-refractivity contribution in [1.82, 2.24) is 10.6 Å². The molecule has 1 unspecified atom stereocenters. The van der Waals surface area contributed by atoms with Crippen LogP contribution < -0.4 is 20.3 Å². The molecular formula is C27H28N4O4. The quantitative estimate of drug-likeness (QED) is 0.491. The topological polar surface area (TPSA) is 103 Å². The van der Waals surface area contributed by atoms with Crippen molar-refractivity contribution in [2.75, 3.05) is 25.1 Å². The van der Waals surface area contributed by atoms with Crippen LogP contribution in [0.3, 0.4) is 0 Å². The lowest BCUT2D eigenvalue weighted by atomic mass is 10.0. The van der Waals surface area contributed by atoms with E-state index in [4.69, 9.17) is 9.73 Å². The van der Waals surface area contributed by atoms with E-state index in [0.717, 1.165) is 22.5 Å². The molecule has 8 nitrogen and oxygen atoms in total. The Kier molecular flexibility index (Phi) is 7.30. The van der Waals surface area contributed by atoms with Crippen LogP contribution in [0.15, 0.2) is 83.9 Å². The molecule has 2 amide bonds. The maximum atomic E-state index is 12.9. The predicted octanol–water partition coefficient (Wildman–Crippen LogP) is 2.71. The van der Waals surface area contributed by atoms with E-state index in [1.807, 2.05) is 61.6 Å². The van der Waals surface area contributed by atoms with Gasteiger partial charge in [-0.3, -0.25) is 14.6 Å². The lowest BCUT2D eigenvalue weighted by Crippen LogP contribution is -2.50. The highest BCUT2D eigenvalue weighted by atomic mass is 16.5. The zero-order chi connectivity index (χ0) is 24.8. The van der Waals surface area contributed by atoms with Gasteiger partial charge in [-0.05, 0) is 37.3 Å². The minimum Gasteiger partial charge on any atom is -0.508 e. The molecule has 0 saturated heterocycles. The van der Waals surface area contributed by atoms with Crippen molar-refractivity contribution in [2.24, 2.45) is 4.99 Å². The highest BCUT2D eigenvalue weighted by Gasteiger charge is 2.25. The molecule has 0 fully saturated rings. The average Bonchev–Trinajstić information content (AvgIpc) is 3.00. The van der Waals surface area contributed by atoms with Gasteiger partial charge in [0.1, 0.15) is 23.7 Å². The standard InChI is InChI=1S/C27H28N4O4/c1-18(28-25(33)17-35-21-14-12-20(32)13-15-21)27(34)30-24-16-31(2)23-11-7-6-10-22(23)26(29-24)19-8-4-3-5-9-19/h3-15,18,24,32H,16-17H2,1-2H3,(H,28,33)(H,30,34)/t18?,24-/m1/s1. The van der Waals surface area contributed by atoms with Crippen LogP contribution in [-0.4, -0.2) is 55.0 Å². The van der Waals surface area contributed by atoms with Crippen molar-refractivity contribution in [2.45, 2.75) is 19.1 Å². The van der Waals surface area contributed by atoms with Gasteiger partial charge >= 0.3 is 0 Å². The fourth-order valence-electron chi connectivity index (χ4n) is 3.86. The molecule has 1 aliphatic rings. The number of carbonyl (C=O) groups is 2. The predicted molar refractivity (Wildman–Crippen MR) is 135 cm³/mol. The second-order valence-electron chi connectivity index (χ2n) is 8.34. The summed E-state index contributed by atoms with van der Waals surface area (Å²) in [4.78, 5) is 32.2. The number of likely N-dealkylation sites (N-methyl/N-ethyl adjacent to an activating group) is 1. The Morgan fingerprint density at radius 3 is 2.49 bits per heavy atom. The number of benzodiazepines with no additional fused rings is 1. The number of carbonyl (C=O) groups excluding carboxylic acids is 2. The first-order valence-electron chi connectivity index (χ1n) is 11.4. The van der Waals surface area contributed by atoms with Crippen LogP contribution in [0.4, 0.5) is 5.69 Å². The minimum absolute atomic E-state index is 0.109. The number of fused-ring (bicyclic) bond motifs is 1. The molecule has 35 heavy (non-hydrogen) atoms. The lowest BCUT2D eigenvalue weighted by Gasteiger charge is -2.24. The van der Waals surface area contributed by atoms with Crippen LogP contribution >= 0.6 is 0 Å². The van der Waals surface area contributed by atoms with Crippen LogP contribution in [0.25, 0.3) is 0 Å². The van der Waals surface area contributed by atoms with Gasteiger partial charge in [0.25, 0.3) is 5.91 Å². The second kappa shape index (κ2) is 10.7. The molecule has 0 radical (unpaired) electrons. The number of nitrogens with one attached hydrogen (secondary N) is 2. The number of rotatable bonds is 7. The van der Waals surface area contributed by atoms with Crippen LogP contribution in [0, 0.1) is 0 Å². The zero-order valence-electron chi connectivity index (χ0n) is 19.6. The van der Waals surface area contributed by atoms with Gasteiger partial charge in [0.05, 0.1) is 12.3 Å². The summed E-state index contributed by atoms with van der Waals surface area (Å²) in [5.74, 6) is -0.223. The third kappa shape index (κ3) is 5.97. The van der Waals surface area contributed by atoms with E-state index >= 15 is 0 Å². The Labute approximate surface area is 204 Å². The lowest BCUT2D eigenvalue weighted by molar-refractivity contribution is -0.129. The summed E-state index contributed by atoms with van der Waals surface area (Å²) >= 11 is 0. The molecule has 1 aliphatic heterocycles. The number of hydrogen-bond donors (Lipinski definition) is 3. The summed E-state index contributed by atoms with van der Waals surface area (Å²) in [6.45, 7) is 1.84. The Bertz CT molecular complexity index is 1210. The van der Waals surface area contributed by atoms with Crippen molar-refractivity contribution in [3.05, 3.63) is 90.0 Å². The SMILES string of the molecule is CC(NC(=O)COc1ccc(O)cc1)C(=O)N[C@@H]1CN(C)c2ccccc2C(c2ccccc2)=N1. The molecule has 0 bridgehead atoms.